The summed E-state index contributed by atoms with van der Waals surface area (Å²) in [7, 11) is 3.58. The highest BCUT2D eigenvalue weighted by molar-refractivity contribution is 7.12. The number of ketones is 1. The highest BCUT2D eigenvalue weighted by Gasteiger charge is 2.33. The number of furan rings is 1. The van der Waals surface area contributed by atoms with E-state index < -0.39 is 6.04 Å². The van der Waals surface area contributed by atoms with Crippen molar-refractivity contribution >= 4 is 40.9 Å². The van der Waals surface area contributed by atoms with Gasteiger partial charge in [0.05, 0.1) is 48.2 Å². The molecule has 2 atom stereocenters. The molecular formula is C21H22ClN3O3S. The number of anilines is 1. The maximum absolute atomic E-state index is 12.8. The molecule has 0 spiro atoms. The van der Waals surface area contributed by atoms with E-state index in [1.165, 1.54) is 12.5 Å². The van der Waals surface area contributed by atoms with Crippen LogP contribution in [0.15, 0.2) is 63.7 Å². The van der Waals surface area contributed by atoms with E-state index in [1.54, 1.807) is 24.5 Å². The number of benzene rings is 1. The Balaban J connectivity index is 0.00000240. The zero-order valence-electron chi connectivity index (χ0n) is 16.1. The van der Waals surface area contributed by atoms with Crippen molar-refractivity contribution < 1.29 is 13.9 Å². The molecule has 1 aromatic carbocycles. The Kier molecular flexibility index (Phi) is 6.42. The van der Waals surface area contributed by atoms with Crippen LogP contribution < -0.4 is 15.4 Å². The van der Waals surface area contributed by atoms with Gasteiger partial charge < -0.3 is 19.8 Å². The maximum Gasteiger partial charge on any atom is 0.184 e. The van der Waals surface area contributed by atoms with Crippen LogP contribution in [-0.2, 0) is 0 Å². The number of carbonyl (C=O) groups excluding carboxylic acids is 1. The molecule has 0 fully saturated rings. The van der Waals surface area contributed by atoms with Gasteiger partial charge in [-0.15, -0.1) is 23.7 Å². The van der Waals surface area contributed by atoms with E-state index in [1.807, 2.05) is 47.7 Å². The van der Waals surface area contributed by atoms with Gasteiger partial charge in [0.1, 0.15) is 12.0 Å². The molecule has 2 unspecified atom stereocenters. The van der Waals surface area contributed by atoms with Crippen LogP contribution in [-0.4, -0.2) is 44.3 Å². The Morgan fingerprint density at radius 2 is 2.21 bits per heavy atom. The number of thiophene rings is 1. The van der Waals surface area contributed by atoms with Crippen LogP contribution in [0.25, 0.3) is 0 Å². The molecule has 0 bridgehead atoms. The van der Waals surface area contributed by atoms with Crippen LogP contribution in [0.4, 0.5) is 5.69 Å². The molecular weight excluding hydrogens is 410 g/mol. The van der Waals surface area contributed by atoms with Crippen molar-refractivity contribution in [2.24, 2.45) is 10.7 Å². The number of Topliss-reactive ketones (excluding diaryl/α,β-unsaturated/α-hetero) is 1. The highest BCUT2D eigenvalue weighted by atomic mass is 35.5. The number of carbonyl (C=O) groups is 1. The zero-order valence-corrected chi connectivity index (χ0v) is 17.7. The molecule has 2 aromatic heterocycles. The Labute approximate surface area is 179 Å². The van der Waals surface area contributed by atoms with Crippen molar-refractivity contribution in [3.63, 3.8) is 0 Å². The first-order valence-corrected chi connectivity index (χ1v) is 9.79. The average molecular weight is 432 g/mol. The van der Waals surface area contributed by atoms with Gasteiger partial charge in [-0.25, -0.2) is 0 Å². The molecule has 0 saturated carbocycles. The van der Waals surface area contributed by atoms with Crippen LogP contribution >= 0.6 is 23.7 Å². The first-order chi connectivity index (χ1) is 13.6. The fraction of sp³-hybridized carbons (Fsp3) is 0.238. The van der Waals surface area contributed by atoms with Gasteiger partial charge in [0.15, 0.2) is 5.78 Å². The summed E-state index contributed by atoms with van der Waals surface area (Å²) in [4.78, 5) is 20.8. The summed E-state index contributed by atoms with van der Waals surface area (Å²) in [6, 6.07) is 10.5. The van der Waals surface area contributed by atoms with Crippen LogP contribution in [0, 0.1) is 0 Å². The first-order valence-electron chi connectivity index (χ1n) is 8.91. The van der Waals surface area contributed by atoms with E-state index in [0.717, 1.165) is 27.6 Å². The minimum absolute atomic E-state index is 0. The van der Waals surface area contributed by atoms with Crippen LogP contribution in [0.3, 0.4) is 0 Å². The van der Waals surface area contributed by atoms with Crippen molar-refractivity contribution in [1.82, 2.24) is 0 Å². The monoisotopic (exact) mass is 431 g/mol. The summed E-state index contributed by atoms with van der Waals surface area (Å²) < 4.78 is 10.5. The van der Waals surface area contributed by atoms with E-state index in [4.69, 9.17) is 19.9 Å². The molecule has 152 valence electrons. The lowest BCUT2D eigenvalue weighted by Crippen LogP contribution is -2.52. The number of rotatable bonds is 5. The summed E-state index contributed by atoms with van der Waals surface area (Å²) in [6.07, 6.45) is 2.90. The Morgan fingerprint density at radius 3 is 2.86 bits per heavy atom. The summed E-state index contributed by atoms with van der Waals surface area (Å²) in [5.41, 5.74) is 9.71. The minimum Gasteiger partial charge on any atom is -0.497 e. The quantitative estimate of drug-likeness (QED) is 0.624. The number of methoxy groups -OCH3 is 1. The highest BCUT2D eigenvalue weighted by Crippen LogP contribution is 2.33. The van der Waals surface area contributed by atoms with E-state index >= 15 is 0 Å². The number of nitrogens with zero attached hydrogens (tertiary/aromatic N) is 2. The summed E-state index contributed by atoms with van der Waals surface area (Å²) >= 11 is 1.64. The third kappa shape index (κ3) is 3.94. The summed E-state index contributed by atoms with van der Waals surface area (Å²) in [5, 5.41) is 2.03. The van der Waals surface area contributed by atoms with Crippen LogP contribution in [0.5, 0.6) is 5.75 Å². The second kappa shape index (κ2) is 8.82. The SMILES string of the molecule is COc1ccc2c(c1)N(C)C(C(N)C(=O)c1ccoc1)CN=C2c1cccs1.Cl. The molecule has 8 heteroatoms. The average Bonchev–Trinajstić information content (AvgIpc) is 3.42. The molecule has 0 radical (unpaired) electrons. The van der Waals surface area contributed by atoms with Crippen molar-refractivity contribution in [3.8, 4) is 5.75 Å². The van der Waals surface area contributed by atoms with Crippen LogP contribution in [0.1, 0.15) is 20.8 Å². The molecule has 29 heavy (non-hydrogen) atoms. The first kappa shape index (κ1) is 21.1. The standard InChI is InChI=1S/C21H21N3O3S.ClH/c1-24-16-10-14(26-2)5-6-15(16)20(18-4-3-9-28-18)23-11-17(24)19(22)21(25)13-7-8-27-12-13;/h3-10,12,17,19H,11,22H2,1-2H3;1H. The van der Waals surface area contributed by atoms with Gasteiger partial charge in [-0.1, -0.05) is 6.07 Å². The molecule has 0 amide bonds. The second-order valence-corrected chi connectivity index (χ2v) is 7.58. The number of halogens is 1. The molecule has 3 heterocycles. The van der Waals surface area contributed by atoms with Gasteiger partial charge in [-0.05, 0) is 29.6 Å². The number of benzodiazepines with no additional fused rings is 1. The minimum atomic E-state index is -0.743. The number of aliphatic imine (C=N–C) groups is 1. The van der Waals surface area contributed by atoms with E-state index in [-0.39, 0.29) is 24.2 Å². The number of ether oxygens (including phenoxy) is 1. The fourth-order valence-corrected chi connectivity index (χ4v) is 4.20. The second-order valence-electron chi connectivity index (χ2n) is 6.63. The van der Waals surface area contributed by atoms with Crippen molar-refractivity contribution in [2.45, 2.75) is 12.1 Å². The molecule has 1 aliphatic heterocycles. The molecule has 6 nitrogen and oxygen atoms in total. The van der Waals surface area contributed by atoms with Crippen LogP contribution in [0.2, 0.25) is 0 Å². The third-order valence-electron chi connectivity index (χ3n) is 5.05. The number of likely N-dealkylation sites (N-methyl/N-ethyl adjacent to an activating group) is 1. The maximum atomic E-state index is 12.8. The smallest absolute Gasteiger partial charge is 0.184 e. The van der Waals surface area contributed by atoms with Crippen molar-refractivity contribution in [2.75, 3.05) is 25.6 Å². The molecule has 3 aromatic rings. The van der Waals surface area contributed by atoms with Gasteiger partial charge in [0, 0.05) is 24.4 Å². The predicted octanol–water partition coefficient (Wildman–Crippen LogP) is 3.64. The summed E-state index contributed by atoms with van der Waals surface area (Å²) in [6.45, 7) is 0.408. The molecule has 0 aliphatic carbocycles. The molecule has 0 saturated heterocycles. The molecule has 2 N–H and O–H groups in total. The molecule has 1 aliphatic rings. The van der Waals surface area contributed by atoms with E-state index in [9.17, 15) is 4.79 Å². The van der Waals surface area contributed by atoms with E-state index in [2.05, 4.69) is 0 Å². The third-order valence-corrected chi connectivity index (χ3v) is 5.93. The topological polar surface area (TPSA) is 81.1 Å². The van der Waals surface area contributed by atoms with Gasteiger partial charge in [-0.3, -0.25) is 9.79 Å². The van der Waals surface area contributed by atoms with Gasteiger partial charge in [0.2, 0.25) is 0 Å². The number of hydrogen-bond acceptors (Lipinski definition) is 7. The lowest BCUT2D eigenvalue weighted by atomic mass is 9.98. The Bertz CT molecular complexity index is 1000. The Morgan fingerprint density at radius 1 is 1.38 bits per heavy atom. The number of hydrogen-bond donors (Lipinski definition) is 1. The largest absolute Gasteiger partial charge is 0.497 e. The fourth-order valence-electron chi connectivity index (χ4n) is 3.45. The normalized spacial score (nSPS) is 16.9. The van der Waals surface area contributed by atoms with Gasteiger partial charge >= 0.3 is 0 Å². The van der Waals surface area contributed by atoms with Gasteiger partial charge in [-0.2, -0.15) is 0 Å². The lowest BCUT2D eigenvalue weighted by Gasteiger charge is -2.32. The molecule has 4 rings (SSSR count). The number of fused-ring (bicyclic) bond motifs is 1. The zero-order chi connectivity index (χ0) is 19.7. The van der Waals surface area contributed by atoms with Crippen molar-refractivity contribution in [1.29, 1.82) is 0 Å². The van der Waals surface area contributed by atoms with Crippen molar-refractivity contribution in [3.05, 3.63) is 70.3 Å². The number of nitrogens with two attached hydrogens (primary N) is 1. The van der Waals surface area contributed by atoms with Gasteiger partial charge in [0.25, 0.3) is 0 Å². The lowest BCUT2D eigenvalue weighted by molar-refractivity contribution is 0.0949. The predicted molar refractivity (Wildman–Crippen MR) is 118 cm³/mol. The summed E-state index contributed by atoms with van der Waals surface area (Å²) in [5.74, 6) is 0.580. The Hall–Kier alpha value is -2.61. The van der Waals surface area contributed by atoms with E-state index in [0.29, 0.717) is 12.1 Å².